The summed E-state index contributed by atoms with van der Waals surface area (Å²) in [7, 11) is 1.66. The van der Waals surface area contributed by atoms with Crippen LogP contribution in [0.25, 0.3) is 10.9 Å². The second-order valence-electron chi connectivity index (χ2n) is 9.31. The van der Waals surface area contributed by atoms with Crippen LogP contribution in [-0.4, -0.2) is 62.4 Å². The third kappa shape index (κ3) is 4.52. The number of pyridine rings is 1. The molecule has 6 nitrogen and oxygen atoms in total. The van der Waals surface area contributed by atoms with Crippen LogP contribution < -0.4 is 4.74 Å². The number of benzene rings is 2. The van der Waals surface area contributed by atoms with Gasteiger partial charge in [-0.25, -0.2) is 0 Å². The highest BCUT2D eigenvalue weighted by Crippen LogP contribution is 2.38. The average molecular weight is 461 g/mol. The van der Waals surface area contributed by atoms with Crippen LogP contribution in [0.1, 0.15) is 24.0 Å². The van der Waals surface area contributed by atoms with Crippen molar-refractivity contribution in [2.24, 2.45) is 5.92 Å². The molecule has 1 amide bonds. The highest BCUT2D eigenvalue weighted by molar-refractivity contribution is 5.88. The molecular weight excluding hydrogens is 428 g/mol. The van der Waals surface area contributed by atoms with Crippen LogP contribution in [0.4, 0.5) is 0 Å². The third-order valence-electron chi connectivity index (χ3n) is 7.25. The molecule has 0 aliphatic carbocycles. The summed E-state index contributed by atoms with van der Waals surface area (Å²) in [5, 5.41) is 1.14. The lowest BCUT2D eigenvalue weighted by atomic mass is 9.72. The van der Waals surface area contributed by atoms with E-state index in [2.05, 4.69) is 29.2 Å². The number of hydrogen-bond acceptors (Lipinski definition) is 5. The fraction of sp³-hybridized carbons (Fsp3) is 0.429. The van der Waals surface area contributed by atoms with Gasteiger partial charge in [0.05, 0.1) is 31.3 Å². The van der Waals surface area contributed by atoms with E-state index < -0.39 is 5.41 Å². The summed E-state index contributed by atoms with van der Waals surface area (Å²) in [5.74, 6) is 1.20. The Kier molecular flexibility index (Phi) is 6.79. The summed E-state index contributed by atoms with van der Waals surface area (Å²) in [5.41, 5.74) is 2.71. The van der Waals surface area contributed by atoms with Crippen LogP contribution in [0, 0.1) is 5.92 Å². The lowest BCUT2D eigenvalue weighted by Crippen LogP contribution is -2.51. The van der Waals surface area contributed by atoms with Crippen LogP contribution in [0.3, 0.4) is 0 Å². The highest BCUT2D eigenvalue weighted by atomic mass is 16.5. The largest absolute Gasteiger partial charge is 0.497 e. The molecule has 2 saturated heterocycles. The lowest BCUT2D eigenvalue weighted by Gasteiger charge is -2.40. The van der Waals surface area contributed by atoms with Gasteiger partial charge in [-0.2, -0.15) is 0 Å². The van der Waals surface area contributed by atoms with Crippen LogP contribution in [-0.2, 0) is 26.1 Å². The number of carbonyl (C=O) groups is 1. The minimum Gasteiger partial charge on any atom is -0.497 e. The van der Waals surface area contributed by atoms with Gasteiger partial charge in [0, 0.05) is 43.8 Å². The van der Waals surface area contributed by atoms with Gasteiger partial charge in [0.1, 0.15) is 5.75 Å². The number of hydrogen-bond donors (Lipinski definition) is 0. The Labute approximate surface area is 200 Å². The van der Waals surface area contributed by atoms with Gasteiger partial charge in [-0.05, 0) is 48.6 Å². The van der Waals surface area contributed by atoms with Crippen molar-refractivity contribution in [3.05, 3.63) is 71.9 Å². The predicted octanol–water partition coefficient (Wildman–Crippen LogP) is 4.01. The van der Waals surface area contributed by atoms with E-state index in [9.17, 15) is 4.79 Å². The normalized spacial score (nSPS) is 20.6. The van der Waals surface area contributed by atoms with Gasteiger partial charge in [-0.1, -0.05) is 36.4 Å². The van der Waals surface area contributed by atoms with Crippen LogP contribution in [0.15, 0.2) is 60.8 Å². The summed E-state index contributed by atoms with van der Waals surface area (Å²) in [6.45, 7) is 3.68. The molecule has 34 heavy (non-hydrogen) atoms. The number of ether oxygens (including phenoxy) is 3. The van der Waals surface area contributed by atoms with Crippen molar-refractivity contribution in [3.8, 4) is 5.75 Å². The van der Waals surface area contributed by atoms with Gasteiger partial charge in [-0.3, -0.25) is 9.78 Å². The molecule has 1 unspecified atom stereocenters. The predicted molar refractivity (Wildman–Crippen MR) is 131 cm³/mol. The van der Waals surface area contributed by atoms with E-state index in [1.54, 1.807) is 7.11 Å². The van der Waals surface area contributed by atoms with Gasteiger partial charge in [0.25, 0.3) is 0 Å². The van der Waals surface area contributed by atoms with E-state index in [0.717, 1.165) is 28.6 Å². The van der Waals surface area contributed by atoms with Gasteiger partial charge in [0.15, 0.2) is 0 Å². The SMILES string of the molecule is COc1ccc(C2(C(=O)N3CCOCC(Cc4cccc5cccnc45)C3)CCOCC2)cc1. The molecule has 1 aromatic heterocycles. The molecule has 0 spiro atoms. The molecule has 3 aromatic rings. The van der Waals surface area contributed by atoms with Gasteiger partial charge in [0.2, 0.25) is 5.91 Å². The number of carbonyl (C=O) groups excluding carboxylic acids is 1. The number of para-hydroxylation sites is 1. The van der Waals surface area contributed by atoms with E-state index in [1.165, 1.54) is 5.56 Å². The molecule has 1 atom stereocenters. The highest BCUT2D eigenvalue weighted by Gasteiger charge is 2.44. The van der Waals surface area contributed by atoms with Gasteiger partial charge >= 0.3 is 0 Å². The molecular formula is C28H32N2O4. The summed E-state index contributed by atoms with van der Waals surface area (Å²) < 4.78 is 17.0. The molecule has 5 rings (SSSR count). The van der Waals surface area contributed by atoms with Crippen molar-refractivity contribution >= 4 is 16.8 Å². The minimum absolute atomic E-state index is 0.188. The number of rotatable bonds is 5. The van der Waals surface area contributed by atoms with Gasteiger partial charge in [-0.15, -0.1) is 0 Å². The van der Waals surface area contributed by atoms with Crippen molar-refractivity contribution in [1.82, 2.24) is 9.88 Å². The smallest absolute Gasteiger partial charge is 0.233 e. The number of amides is 1. The van der Waals surface area contributed by atoms with Crippen LogP contribution in [0.5, 0.6) is 5.75 Å². The topological polar surface area (TPSA) is 60.9 Å². The average Bonchev–Trinajstić information content (AvgIpc) is 3.14. The Morgan fingerprint density at radius 1 is 1.06 bits per heavy atom. The fourth-order valence-electron chi connectivity index (χ4n) is 5.39. The molecule has 6 heteroatoms. The molecule has 3 heterocycles. The minimum atomic E-state index is -0.569. The first kappa shape index (κ1) is 22.8. The standard InChI is InChI=1S/C28H32N2O4/c1-32-25-9-7-24(8-10-25)28(11-15-33-16-12-28)27(31)30-14-17-34-20-21(19-30)18-23-5-2-4-22-6-3-13-29-26(22)23/h2-10,13,21H,11-12,14-20H2,1H3. The van der Waals surface area contributed by atoms with E-state index in [0.29, 0.717) is 52.4 Å². The van der Waals surface area contributed by atoms with Crippen molar-refractivity contribution < 1.29 is 19.0 Å². The zero-order valence-corrected chi connectivity index (χ0v) is 19.7. The fourth-order valence-corrected chi connectivity index (χ4v) is 5.39. The zero-order valence-electron chi connectivity index (χ0n) is 19.7. The molecule has 2 aliphatic rings. The number of methoxy groups -OCH3 is 1. The molecule has 178 valence electrons. The second-order valence-corrected chi connectivity index (χ2v) is 9.31. The second kappa shape index (κ2) is 10.1. The maximum Gasteiger partial charge on any atom is 0.233 e. The molecule has 0 saturated carbocycles. The van der Waals surface area contributed by atoms with Crippen molar-refractivity contribution in [3.63, 3.8) is 0 Å². The number of aromatic nitrogens is 1. The Morgan fingerprint density at radius 2 is 1.85 bits per heavy atom. The molecule has 2 fully saturated rings. The summed E-state index contributed by atoms with van der Waals surface area (Å²) >= 11 is 0. The van der Waals surface area contributed by atoms with E-state index >= 15 is 0 Å². The van der Waals surface area contributed by atoms with Crippen LogP contribution >= 0.6 is 0 Å². The van der Waals surface area contributed by atoms with Crippen molar-refractivity contribution in [2.75, 3.05) is 46.6 Å². The van der Waals surface area contributed by atoms with E-state index in [1.807, 2.05) is 41.4 Å². The first-order valence-electron chi connectivity index (χ1n) is 12.1. The number of fused-ring (bicyclic) bond motifs is 1. The maximum absolute atomic E-state index is 14.2. The molecule has 0 bridgehead atoms. The van der Waals surface area contributed by atoms with Crippen molar-refractivity contribution in [2.45, 2.75) is 24.7 Å². The Hall–Kier alpha value is -2.96. The van der Waals surface area contributed by atoms with E-state index in [4.69, 9.17) is 14.2 Å². The zero-order chi connectivity index (χ0) is 23.4. The van der Waals surface area contributed by atoms with Crippen LogP contribution in [0.2, 0.25) is 0 Å². The molecule has 0 radical (unpaired) electrons. The Morgan fingerprint density at radius 3 is 2.65 bits per heavy atom. The Bertz CT molecular complexity index is 1120. The monoisotopic (exact) mass is 460 g/mol. The molecule has 2 aliphatic heterocycles. The van der Waals surface area contributed by atoms with Gasteiger partial charge < -0.3 is 19.1 Å². The third-order valence-corrected chi connectivity index (χ3v) is 7.25. The first-order chi connectivity index (χ1) is 16.7. The summed E-state index contributed by atoms with van der Waals surface area (Å²) in [4.78, 5) is 20.8. The molecule has 0 N–H and O–H groups in total. The lowest BCUT2D eigenvalue weighted by molar-refractivity contribution is -0.141. The number of nitrogens with zero attached hydrogens (tertiary/aromatic N) is 2. The molecule has 2 aromatic carbocycles. The maximum atomic E-state index is 14.2. The van der Waals surface area contributed by atoms with E-state index in [-0.39, 0.29) is 11.8 Å². The van der Waals surface area contributed by atoms with Crippen molar-refractivity contribution in [1.29, 1.82) is 0 Å². The Balaban J connectivity index is 1.40. The first-order valence-corrected chi connectivity index (χ1v) is 12.1. The quantitative estimate of drug-likeness (QED) is 0.576. The summed E-state index contributed by atoms with van der Waals surface area (Å²) in [6, 6.07) is 18.3. The summed E-state index contributed by atoms with van der Waals surface area (Å²) in [6.07, 6.45) is 4.05.